The molecule has 0 amide bonds. The molecule has 0 unspecified atom stereocenters. The lowest BCUT2D eigenvalue weighted by molar-refractivity contribution is -0.266. The lowest BCUT2D eigenvalue weighted by atomic mass is 9.98. The van der Waals surface area contributed by atoms with E-state index < -0.39 is 54.4 Å². The third-order valence-electron chi connectivity index (χ3n) is 3.47. The molecular weight excluding hydrogens is 324 g/mol. The van der Waals surface area contributed by atoms with Crippen LogP contribution in [0.5, 0.6) is 0 Å². The number of carbonyl (C=O) groups excluding carboxylic acids is 3. The molecule has 0 aromatic rings. The fraction of sp³-hybridized carbons (Fsp3) is 0.800. The first-order chi connectivity index (χ1) is 11.1. The second kappa shape index (κ2) is 7.04. The van der Waals surface area contributed by atoms with Crippen molar-refractivity contribution in [3.8, 4) is 0 Å². The molecule has 2 aliphatic rings. The molecule has 136 valence electrons. The highest BCUT2D eigenvalue weighted by Gasteiger charge is 2.57. The van der Waals surface area contributed by atoms with Gasteiger partial charge in [0.25, 0.3) is 0 Å². The summed E-state index contributed by atoms with van der Waals surface area (Å²) in [5.41, 5.74) is 0. The highest BCUT2D eigenvalue weighted by Crippen LogP contribution is 2.38. The SMILES string of the molecule is CC(=O)OC[C@H]1O[C@@H]2OC(C)(C)O[C@@H]2[C@@H](OC(C)=O)[C@@H]1OC(C)=O. The quantitative estimate of drug-likeness (QED) is 0.524. The van der Waals surface area contributed by atoms with Crippen LogP contribution in [-0.2, 0) is 42.8 Å². The molecule has 9 heteroatoms. The van der Waals surface area contributed by atoms with E-state index in [2.05, 4.69) is 0 Å². The molecule has 0 N–H and O–H groups in total. The van der Waals surface area contributed by atoms with E-state index in [4.69, 9.17) is 28.4 Å². The zero-order valence-electron chi connectivity index (χ0n) is 14.3. The molecule has 2 heterocycles. The molecule has 24 heavy (non-hydrogen) atoms. The molecule has 0 aromatic carbocycles. The summed E-state index contributed by atoms with van der Waals surface area (Å²) in [5.74, 6) is -2.65. The van der Waals surface area contributed by atoms with Gasteiger partial charge < -0.3 is 28.4 Å². The van der Waals surface area contributed by atoms with Crippen molar-refractivity contribution in [3.63, 3.8) is 0 Å². The minimum Gasteiger partial charge on any atom is -0.463 e. The summed E-state index contributed by atoms with van der Waals surface area (Å²) in [6.45, 7) is 6.88. The molecule has 0 radical (unpaired) electrons. The Balaban J connectivity index is 2.28. The van der Waals surface area contributed by atoms with Gasteiger partial charge in [-0.05, 0) is 13.8 Å². The second-order valence-corrected chi connectivity index (χ2v) is 6.09. The maximum atomic E-state index is 11.5. The van der Waals surface area contributed by atoms with Gasteiger partial charge in [0.05, 0.1) is 0 Å². The van der Waals surface area contributed by atoms with Gasteiger partial charge in [-0.2, -0.15) is 0 Å². The Hall–Kier alpha value is -1.71. The van der Waals surface area contributed by atoms with E-state index >= 15 is 0 Å². The van der Waals surface area contributed by atoms with Crippen LogP contribution in [0.1, 0.15) is 34.6 Å². The summed E-state index contributed by atoms with van der Waals surface area (Å²) in [4.78, 5) is 34.0. The fourth-order valence-electron chi connectivity index (χ4n) is 2.73. The maximum Gasteiger partial charge on any atom is 0.303 e. The van der Waals surface area contributed by atoms with Gasteiger partial charge in [-0.25, -0.2) is 0 Å². The number of carbonyl (C=O) groups is 3. The zero-order valence-corrected chi connectivity index (χ0v) is 14.3. The lowest BCUT2D eigenvalue weighted by Gasteiger charge is -2.40. The highest BCUT2D eigenvalue weighted by atomic mass is 16.8. The number of rotatable bonds is 4. The van der Waals surface area contributed by atoms with Crippen LogP contribution in [0.2, 0.25) is 0 Å². The van der Waals surface area contributed by atoms with E-state index in [1.165, 1.54) is 20.8 Å². The summed E-state index contributed by atoms with van der Waals surface area (Å²) >= 11 is 0. The van der Waals surface area contributed by atoms with E-state index in [0.29, 0.717) is 0 Å². The van der Waals surface area contributed by atoms with Crippen LogP contribution < -0.4 is 0 Å². The van der Waals surface area contributed by atoms with E-state index in [1.807, 2.05) is 0 Å². The number of hydrogen-bond acceptors (Lipinski definition) is 9. The Morgan fingerprint density at radius 2 is 1.50 bits per heavy atom. The smallest absolute Gasteiger partial charge is 0.303 e. The van der Waals surface area contributed by atoms with Crippen molar-refractivity contribution in [2.24, 2.45) is 0 Å². The van der Waals surface area contributed by atoms with E-state index in [-0.39, 0.29) is 6.61 Å². The number of fused-ring (bicyclic) bond motifs is 1. The normalized spacial score (nSPS) is 34.1. The van der Waals surface area contributed by atoms with Gasteiger partial charge in [0.1, 0.15) is 12.7 Å². The largest absolute Gasteiger partial charge is 0.463 e. The van der Waals surface area contributed by atoms with Gasteiger partial charge in [0.2, 0.25) is 0 Å². The van der Waals surface area contributed by atoms with Gasteiger partial charge in [0.15, 0.2) is 30.4 Å². The van der Waals surface area contributed by atoms with Crippen molar-refractivity contribution in [2.75, 3.05) is 6.61 Å². The average molecular weight is 346 g/mol. The predicted molar refractivity (Wildman–Crippen MR) is 76.4 cm³/mol. The first-order valence-corrected chi connectivity index (χ1v) is 7.58. The maximum absolute atomic E-state index is 11.5. The first-order valence-electron chi connectivity index (χ1n) is 7.58. The van der Waals surface area contributed by atoms with Crippen LogP contribution in [0.3, 0.4) is 0 Å². The molecule has 5 atom stereocenters. The van der Waals surface area contributed by atoms with Gasteiger partial charge in [-0.15, -0.1) is 0 Å². The van der Waals surface area contributed by atoms with Crippen LogP contribution in [-0.4, -0.2) is 61.0 Å². The monoisotopic (exact) mass is 346 g/mol. The molecule has 2 fully saturated rings. The Morgan fingerprint density at radius 3 is 2.04 bits per heavy atom. The molecule has 9 nitrogen and oxygen atoms in total. The molecule has 0 aliphatic carbocycles. The van der Waals surface area contributed by atoms with Crippen molar-refractivity contribution < 1.29 is 42.8 Å². The highest BCUT2D eigenvalue weighted by molar-refractivity contribution is 5.67. The van der Waals surface area contributed by atoms with Crippen LogP contribution in [0.4, 0.5) is 0 Å². The van der Waals surface area contributed by atoms with E-state index in [9.17, 15) is 14.4 Å². The van der Waals surface area contributed by atoms with Crippen molar-refractivity contribution in [1.29, 1.82) is 0 Å². The van der Waals surface area contributed by atoms with Gasteiger partial charge in [0, 0.05) is 20.8 Å². The summed E-state index contributed by atoms with van der Waals surface area (Å²) in [6, 6.07) is 0. The Labute approximate surface area is 139 Å². The Morgan fingerprint density at radius 1 is 0.917 bits per heavy atom. The van der Waals surface area contributed by atoms with E-state index in [0.717, 1.165) is 0 Å². The van der Waals surface area contributed by atoms with Crippen LogP contribution in [0.15, 0.2) is 0 Å². The standard InChI is InChI=1S/C15H22O9/c1-7(16)19-6-10-11(20-8(2)17)12(21-9(3)18)13-14(22-10)24-15(4,5)23-13/h10-14H,6H2,1-5H3/t10-,11-,12+,13-,14-/m1/s1. The van der Waals surface area contributed by atoms with Crippen molar-refractivity contribution in [2.45, 2.75) is 71.1 Å². The molecular formula is C15H22O9. The van der Waals surface area contributed by atoms with Crippen LogP contribution in [0, 0.1) is 0 Å². The number of esters is 3. The third-order valence-corrected chi connectivity index (χ3v) is 3.47. The topological polar surface area (TPSA) is 107 Å². The first kappa shape index (κ1) is 18.6. The number of ether oxygens (including phenoxy) is 6. The minimum atomic E-state index is -0.996. The second-order valence-electron chi connectivity index (χ2n) is 6.09. The molecule has 0 saturated carbocycles. The minimum absolute atomic E-state index is 0.182. The molecule has 0 spiro atoms. The fourth-order valence-corrected chi connectivity index (χ4v) is 2.73. The van der Waals surface area contributed by atoms with Gasteiger partial charge >= 0.3 is 17.9 Å². The molecule has 2 aliphatic heterocycles. The molecule has 2 rings (SSSR count). The van der Waals surface area contributed by atoms with Crippen molar-refractivity contribution in [3.05, 3.63) is 0 Å². The van der Waals surface area contributed by atoms with Gasteiger partial charge in [-0.3, -0.25) is 14.4 Å². The lowest BCUT2D eigenvalue weighted by Crippen LogP contribution is -2.60. The summed E-state index contributed by atoms with van der Waals surface area (Å²) in [6.07, 6.45) is -4.43. The average Bonchev–Trinajstić information content (AvgIpc) is 2.72. The summed E-state index contributed by atoms with van der Waals surface area (Å²) in [7, 11) is 0. The van der Waals surface area contributed by atoms with Crippen molar-refractivity contribution >= 4 is 17.9 Å². The van der Waals surface area contributed by atoms with Crippen LogP contribution in [0.25, 0.3) is 0 Å². The van der Waals surface area contributed by atoms with Crippen LogP contribution >= 0.6 is 0 Å². The third kappa shape index (κ3) is 4.43. The van der Waals surface area contributed by atoms with E-state index in [1.54, 1.807) is 13.8 Å². The molecule has 0 aromatic heterocycles. The Bertz CT molecular complexity index is 515. The zero-order chi connectivity index (χ0) is 18.1. The molecule has 0 bridgehead atoms. The van der Waals surface area contributed by atoms with Crippen molar-refractivity contribution in [1.82, 2.24) is 0 Å². The van der Waals surface area contributed by atoms with Gasteiger partial charge in [-0.1, -0.05) is 0 Å². The summed E-state index contributed by atoms with van der Waals surface area (Å²) < 4.78 is 32.6. The molecule has 2 saturated heterocycles. The summed E-state index contributed by atoms with van der Waals surface area (Å²) in [5, 5.41) is 0. The predicted octanol–water partition coefficient (Wildman–Crippen LogP) is 0.289. The Kier molecular flexibility index (Phi) is 5.46. The number of hydrogen-bond donors (Lipinski definition) is 0.